The maximum atomic E-state index is 12.1. The summed E-state index contributed by atoms with van der Waals surface area (Å²) in [5.41, 5.74) is 0.338. The van der Waals surface area contributed by atoms with Crippen molar-refractivity contribution in [2.75, 3.05) is 31.8 Å². The molecule has 120 valence electrons. The van der Waals surface area contributed by atoms with E-state index in [1.807, 2.05) is 0 Å². The number of amides is 1. The van der Waals surface area contributed by atoms with Gasteiger partial charge in [0, 0.05) is 18.5 Å². The second-order valence-corrected chi connectivity index (χ2v) is 7.20. The average Bonchev–Trinajstić information content (AvgIpc) is 2.99. The summed E-state index contributed by atoms with van der Waals surface area (Å²) in [6.07, 6.45) is 1.76. The van der Waals surface area contributed by atoms with Gasteiger partial charge < -0.3 is 15.4 Å². The SMILES string of the molecule is COC(=O)c1cc(NC(=O)C2CCNC2)cc(S(C)(=O)=O)c1. The van der Waals surface area contributed by atoms with E-state index in [4.69, 9.17) is 0 Å². The van der Waals surface area contributed by atoms with Gasteiger partial charge in [-0.15, -0.1) is 0 Å². The fourth-order valence-electron chi connectivity index (χ4n) is 2.24. The molecule has 0 bridgehead atoms. The molecule has 0 radical (unpaired) electrons. The molecule has 1 atom stereocenters. The Morgan fingerprint density at radius 3 is 2.59 bits per heavy atom. The fourth-order valence-corrected chi connectivity index (χ4v) is 2.93. The Bertz CT molecular complexity index is 693. The molecule has 7 nitrogen and oxygen atoms in total. The first-order valence-electron chi connectivity index (χ1n) is 6.76. The first kappa shape index (κ1) is 16.4. The Labute approximate surface area is 129 Å². The van der Waals surface area contributed by atoms with Crippen LogP contribution in [0.15, 0.2) is 23.1 Å². The first-order chi connectivity index (χ1) is 10.3. The van der Waals surface area contributed by atoms with Gasteiger partial charge in [0.2, 0.25) is 5.91 Å². The van der Waals surface area contributed by atoms with Crippen molar-refractivity contribution in [1.82, 2.24) is 5.32 Å². The highest BCUT2D eigenvalue weighted by Gasteiger charge is 2.23. The minimum absolute atomic E-state index is 0.0461. The number of benzene rings is 1. The van der Waals surface area contributed by atoms with Gasteiger partial charge in [-0.2, -0.15) is 0 Å². The highest BCUT2D eigenvalue weighted by atomic mass is 32.2. The average molecular weight is 326 g/mol. The van der Waals surface area contributed by atoms with Gasteiger partial charge in [-0.3, -0.25) is 4.79 Å². The molecule has 1 aliphatic heterocycles. The molecule has 1 aromatic rings. The molecule has 1 saturated heterocycles. The van der Waals surface area contributed by atoms with Crippen molar-refractivity contribution >= 4 is 27.4 Å². The van der Waals surface area contributed by atoms with E-state index in [1.54, 1.807) is 0 Å². The third-order valence-corrected chi connectivity index (χ3v) is 4.55. The van der Waals surface area contributed by atoms with E-state index in [0.717, 1.165) is 19.2 Å². The number of nitrogens with one attached hydrogen (secondary N) is 2. The van der Waals surface area contributed by atoms with Crippen LogP contribution < -0.4 is 10.6 Å². The molecule has 22 heavy (non-hydrogen) atoms. The molecule has 0 spiro atoms. The van der Waals surface area contributed by atoms with E-state index >= 15 is 0 Å². The Morgan fingerprint density at radius 1 is 1.32 bits per heavy atom. The van der Waals surface area contributed by atoms with Crippen LogP contribution in [0, 0.1) is 5.92 Å². The number of hydrogen-bond donors (Lipinski definition) is 2. The second-order valence-electron chi connectivity index (χ2n) is 5.19. The number of sulfone groups is 1. The molecule has 2 N–H and O–H groups in total. The number of anilines is 1. The number of esters is 1. The molecular formula is C14H18N2O5S. The molecule has 1 fully saturated rings. The molecule has 0 aromatic heterocycles. The molecule has 1 aromatic carbocycles. The van der Waals surface area contributed by atoms with Gasteiger partial charge in [-0.25, -0.2) is 13.2 Å². The topological polar surface area (TPSA) is 102 Å². The number of ether oxygens (including phenoxy) is 1. The predicted octanol–water partition coefficient (Wildman–Crippen LogP) is 0.425. The van der Waals surface area contributed by atoms with Crippen LogP contribution in [-0.2, 0) is 19.4 Å². The quantitative estimate of drug-likeness (QED) is 0.778. The van der Waals surface area contributed by atoms with Crippen LogP contribution in [0.1, 0.15) is 16.8 Å². The minimum atomic E-state index is -3.52. The van der Waals surface area contributed by atoms with Crippen LogP contribution in [0.2, 0.25) is 0 Å². The normalized spacial score (nSPS) is 18.0. The zero-order chi connectivity index (χ0) is 16.3. The Balaban J connectivity index is 2.33. The van der Waals surface area contributed by atoms with E-state index in [9.17, 15) is 18.0 Å². The van der Waals surface area contributed by atoms with Crippen LogP contribution >= 0.6 is 0 Å². The summed E-state index contributed by atoms with van der Waals surface area (Å²) >= 11 is 0. The van der Waals surface area contributed by atoms with Crippen molar-refractivity contribution in [2.24, 2.45) is 5.92 Å². The number of methoxy groups -OCH3 is 1. The molecular weight excluding hydrogens is 308 g/mol. The summed E-state index contributed by atoms with van der Waals surface area (Å²) in [6, 6.07) is 3.97. The Morgan fingerprint density at radius 2 is 2.05 bits per heavy atom. The van der Waals surface area contributed by atoms with Gasteiger partial charge in [0.05, 0.1) is 23.5 Å². The van der Waals surface area contributed by atoms with Gasteiger partial charge in [0.15, 0.2) is 9.84 Å². The fraction of sp³-hybridized carbons (Fsp3) is 0.429. The number of carbonyl (C=O) groups excluding carboxylic acids is 2. The van der Waals surface area contributed by atoms with Crippen molar-refractivity contribution in [2.45, 2.75) is 11.3 Å². The van der Waals surface area contributed by atoms with Crippen LogP contribution in [0.4, 0.5) is 5.69 Å². The lowest BCUT2D eigenvalue weighted by Gasteiger charge is -2.12. The van der Waals surface area contributed by atoms with E-state index in [1.165, 1.54) is 25.3 Å². The standard InChI is InChI=1S/C14H18N2O5S/c1-21-14(18)10-5-11(7-12(6-10)22(2,19)20)16-13(17)9-3-4-15-8-9/h5-7,9,15H,3-4,8H2,1-2H3,(H,16,17). The summed E-state index contributed by atoms with van der Waals surface area (Å²) in [4.78, 5) is 23.7. The van der Waals surface area contributed by atoms with Gasteiger partial charge in [0.25, 0.3) is 0 Å². The van der Waals surface area contributed by atoms with E-state index < -0.39 is 15.8 Å². The van der Waals surface area contributed by atoms with Crippen LogP contribution in [0.3, 0.4) is 0 Å². The highest BCUT2D eigenvalue weighted by Crippen LogP contribution is 2.21. The lowest BCUT2D eigenvalue weighted by molar-refractivity contribution is -0.119. The van der Waals surface area contributed by atoms with Crippen molar-refractivity contribution in [1.29, 1.82) is 0 Å². The molecule has 1 amide bonds. The third kappa shape index (κ3) is 3.83. The zero-order valence-electron chi connectivity index (χ0n) is 12.4. The van der Waals surface area contributed by atoms with Crippen molar-refractivity contribution in [3.05, 3.63) is 23.8 Å². The highest BCUT2D eigenvalue weighted by molar-refractivity contribution is 7.90. The Hall–Kier alpha value is -1.93. The summed E-state index contributed by atoms with van der Waals surface area (Å²) < 4.78 is 28.0. The molecule has 1 heterocycles. The zero-order valence-corrected chi connectivity index (χ0v) is 13.2. The Kier molecular flexibility index (Phi) is 4.82. The lowest BCUT2D eigenvalue weighted by Crippen LogP contribution is -2.24. The summed E-state index contributed by atoms with van der Waals surface area (Å²) in [6.45, 7) is 1.36. The number of carbonyl (C=O) groups is 2. The van der Waals surface area contributed by atoms with Crippen LogP contribution in [0.5, 0.6) is 0 Å². The molecule has 1 unspecified atom stereocenters. The summed E-state index contributed by atoms with van der Waals surface area (Å²) in [5.74, 6) is -1.03. The molecule has 8 heteroatoms. The van der Waals surface area contributed by atoms with Gasteiger partial charge in [0.1, 0.15) is 0 Å². The molecule has 1 aliphatic rings. The second kappa shape index (κ2) is 6.45. The molecule has 0 saturated carbocycles. The van der Waals surface area contributed by atoms with Gasteiger partial charge in [-0.05, 0) is 31.2 Å². The maximum absolute atomic E-state index is 12.1. The molecule has 2 rings (SSSR count). The van der Waals surface area contributed by atoms with E-state index in [2.05, 4.69) is 15.4 Å². The minimum Gasteiger partial charge on any atom is -0.465 e. The maximum Gasteiger partial charge on any atom is 0.337 e. The van der Waals surface area contributed by atoms with Crippen molar-refractivity contribution < 1.29 is 22.7 Å². The van der Waals surface area contributed by atoms with Crippen molar-refractivity contribution in [3.8, 4) is 0 Å². The lowest BCUT2D eigenvalue weighted by atomic mass is 10.1. The third-order valence-electron chi connectivity index (χ3n) is 3.45. The predicted molar refractivity (Wildman–Crippen MR) is 80.5 cm³/mol. The van der Waals surface area contributed by atoms with E-state index in [0.29, 0.717) is 6.54 Å². The van der Waals surface area contributed by atoms with E-state index in [-0.39, 0.29) is 28.0 Å². The first-order valence-corrected chi connectivity index (χ1v) is 8.65. The van der Waals surface area contributed by atoms with Crippen molar-refractivity contribution in [3.63, 3.8) is 0 Å². The summed E-state index contributed by atoms with van der Waals surface area (Å²) in [5, 5.41) is 5.75. The van der Waals surface area contributed by atoms with Crippen LogP contribution in [-0.4, -0.2) is 46.7 Å². The molecule has 0 aliphatic carbocycles. The largest absolute Gasteiger partial charge is 0.465 e. The monoisotopic (exact) mass is 326 g/mol. The van der Waals surface area contributed by atoms with Gasteiger partial charge in [-0.1, -0.05) is 0 Å². The number of rotatable bonds is 4. The van der Waals surface area contributed by atoms with Gasteiger partial charge >= 0.3 is 5.97 Å². The summed E-state index contributed by atoms with van der Waals surface area (Å²) in [7, 11) is -2.31. The number of hydrogen-bond acceptors (Lipinski definition) is 6. The van der Waals surface area contributed by atoms with Crippen LogP contribution in [0.25, 0.3) is 0 Å². The smallest absolute Gasteiger partial charge is 0.337 e.